The number of para-hydroxylation sites is 1. The van der Waals surface area contributed by atoms with E-state index in [0.717, 1.165) is 80.2 Å². The Bertz CT molecular complexity index is 1710. The topological polar surface area (TPSA) is 139 Å². The van der Waals surface area contributed by atoms with Crippen LogP contribution in [0, 0.1) is 0 Å². The highest BCUT2D eigenvalue weighted by Crippen LogP contribution is 2.34. The summed E-state index contributed by atoms with van der Waals surface area (Å²) in [6.45, 7) is 10.2. The lowest BCUT2D eigenvalue weighted by Crippen LogP contribution is -2.48. The van der Waals surface area contributed by atoms with Crippen molar-refractivity contribution in [3.63, 3.8) is 0 Å². The molecular weight excluding hydrogens is 731 g/mol. The second kappa shape index (κ2) is 21.6. The Morgan fingerprint density at radius 3 is 2.21 bits per heavy atom. The van der Waals surface area contributed by atoms with Crippen molar-refractivity contribution in [2.24, 2.45) is 0 Å². The molecule has 4 rings (SSSR count). The van der Waals surface area contributed by atoms with Gasteiger partial charge in [0.05, 0.1) is 17.8 Å². The Kier molecular flexibility index (Phi) is 17.0. The van der Waals surface area contributed by atoms with Gasteiger partial charge in [-0.3, -0.25) is 14.5 Å². The Labute approximate surface area is 336 Å². The molecule has 14 heteroatoms. The molecule has 2 heterocycles. The summed E-state index contributed by atoms with van der Waals surface area (Å²) in [6, 6.07) is 17.5. The number of nitrogens with zero attached hydrogens (tertiary/aromatic N) is 6. The monoisotopic (exact) mass is 791 g/mol. The number of benzene rings is 2. The number of hydrogen-bond donors (Lipinski definition) is 2. The maximum absolute atomic E-state index is 12.9. The first-order valence-corrected chi connectivity index (χ1v) is 20.6. The fourth-order valence-corrected chi connectivity index (χ4v) is 7.38. The lowest BCUT2D eigenvalue weighted by atomic mass is 9.98. The van der Waals surface area contributed by atoms with Crippen LogP contribution in [0.4, 0.5) is 20.4 Å². The summed E-state index contributed by atoms with van der Waals surface area (Å²) in [6.07, 6.45) is 4.15. The Balaban J connectivity index is 1.07. The van der Waals surface area contributed by atoms with Crippen molar-refractivity contribution in [1.82, 2.24) is 24.6 Å². The maximum atomic E-state index is 12.9. The number of carbonyl (C=O) groups excluding carboxylic acids is 3. The molecule has 2 aromatic carbocycles. The number of rotatable bonds is 19. The first-order chi connectivity index (χ1) is 26.7. The van der Waals surface area contributed by atoms with Crippen LogP contribution in [0.5, 0.6) is 0 Å². The maximum Gasteiger partial charge on any atom is 0.412 e. The average molecular weight is 792 g/mol. The predicted octanol–water partition coefficient (Wildman–Crippen LogP) is 7.15. The van der Waals surface area contributed by atoms with Crippen molar-refractivity contribution in [3.8, 4) is 11.1 Å². The fraction of sp³-hybridized carbons (Fsp3) is 0.548. The highest BCUT2D eigenvalue weighted by molar-refractivity contribution is 7.13. The molecule has 56 heavy (non-hydrogen) atoms. The zero-order valence-electron chi connectivity index (χ0n) is 34.0. The van der Waals surface area contributed by atoms with Gasteiger partial charge in [-0.05, 0) is 64.5 Å². The number of anilines is 2. The highest BCUT2D eigenvalue weighted by Gasteiger charge is 2.31. The average Bonchev–Trinajstić information content (AvgIpc) is 3.62. The number of likely N-dealkylation sites (N-methyl/N-ethyl adjacent to an activating group) is 2. The van der Waals surface area contributed by atoms with Gasteiger partial charge in [0.2, 0.25) is 11.8 Å². The van der Waals surface area contributed by atoms with E-state index in [1.54, 1.807) is 23.9 Å². The SMILES string of the molecule is CN(CCN1CCC(N(C(=O)O)c2ccccc2-c2ccccc2)CC1)C(=O)CCCCCNc1nc(CC(=O)N(C)CCCN(C)C(=O)OC(C)(C)C)cs1. The summed E-state index contributed by atoms with van der Waals surface area (Å²) in [5, 5.41) is 16.3. The molecule has 0 spiro atoms. The molecule has 0 radical (unpaired) electrons. The van der Waals surface area contributed by atoms with Crippen molar-refractivity contribution in [2.45, 2.75) is 83.8 Å². The van der Waals surface area contributed by atoms with Crippen LogP contribution in [0.25, 0.3) is 11.1 Å². The van der Waals surface area contributed by atoms with Gasteiger partial charge in [0.15, 0.2) is 5.13 Å². The molecule has 0 unspecified atom stereocenters. The molecule has 1 aromatic heterocycles. The van der Waals surface area contributed by atoms with Crippen LogP contribution in [0.15, 0.2) is 60.0 Å². The molecule has 1 saturated heterocycles. The number of piperidine rings is 1. The third-order valence-electron chi connectivity index (χ3n) is 9.90. The number of likely N-dealkylation sites (tertiary alicyclic amines) is 1. The number of aromatic nitrogens is 1. The molecular formula is C42H61N7O6S. The molecule has 0 aliphatic carbocycles. The number of ether oxygens (including phenoxy) is 1. The quantitative estimate of drug-likeness (QED) is 0.121. The van der Waals surface area contributed by atoms with Crippen molar-refractivity contribution in [2.75, 3.05) is 77.2 Å². The van der Waals surface area contributed by atoms with Gasteiger partial charge in [0, 0.05) is 90.4 Å². The summed E-state index contributed by atoms with van der Waals surface area (Å²) < 4.78 is 5.37. The van der Waals surface area contributed by atoms with Crippen LogP contribution in [0.3, 0.4) is 0 Å². The number of carboxylic acid groups (broad SMARTS) is 1. The summed E-state index contributed by atoms with van der Waals surface area (Å²) >= 11 is 1.48. The minimum Gasteiger partial charge on any atom is -0.465 e. The second-order valence-corrected chi connectivity index (χ2v) is 16.4. The zero-order chi connectivity index (χ0) is 40.7. The van der Waals surface area contributed by atoms with Crippen LogP contribution >= 0.6 is 11.3 Å². The van der Waals surface area contributed by atoms with Crippen molar-refractivity contribution in [3.05, 3.63) is 65.7 Å². The fourth-order valence-electron chi connectivity index (χ4n) is 6.64. The van der Waals surface area contributed by atoms with E-state index in [0.29, 0.717) is 38.2 Å². The van der Waals surface area contributed by atoms with Gasteiger partial charge < -0.3 is 34.8 Å². The molecule has 1 fully saturated rings. The summed E-state index contributed by atoms with van der Waals surface area (Å²) in [5.74, 6) is 0.112. The second-order valence-electron chi connectivity index (χ2n) is 15.6. The highest BCUT2D eigenvalue weighted by atomic mass is 32.1. The smallest absolute Gasteiger partial charge is 0.412 e. The zero-order valence-corrected chi connectivity index (χ0v) is 34.9. The lowest BCUT2D eigenvalue weighted by molar-refractivity contribution is -0.130. The van der Waals surface area contributed by atoms with Crippen LogP contribution in [0.2, 0.25) is 0 Å². The molecule has 306 valence electrons. The van der Waals surface area contributed by atoms with Gasteiger partial charge in [-0.25, -0.2) is 14.6 Å². The summed E-state index contributed by atoms with van der Waals surface area (Å²) in [4.78, 5) is 63.7. The first kappa shape index (κ1) is 44.0. The first-order valence-electron chi connectivity index (χ1n) is 19.7. The molecule has 0 saturated carbocycles. The van der Waals surface area contributed by atoms with Crippen LogP contribution < -0.4 is 10.2 Å². The van der Waals surface area contributed by atoms with Crippen molar-refractivity contribution in [1.29, 1.82) is 0 Å². The van der Waals surface area contributed by atoms with E-state index in [-0.39, 0.29) is 30.4 Å². The Morgan fingerprint density at radius 1 is 0.857 bits per heavy atom. The summed E-state index contributed by atoms with van der Waals surface area (Å²) in [7, 11) is 5.32. The van der Waals surface area contributed by atoms with E-state index in [4.69, 9.17) is 4.74 Å². The number of unbranched alkanes of at least 4 members (excludes halogenated alkanes) is 2. The van der Waals surface area contributed by atoms with Gasteiger partial charge in [-0.1, -0.05) is 55.0 Å². The number of thiazole rings is 1. The van der Waals surface area contributed by atoms with Crippen LogP contribution in [-0.4, -0.2) is 132 Å². The lowest BCUT2D eigenvalue weighted by Gasteiger charge is -2.38. The molecule has 0 bridgehead atoms. The van der Waals surface area contributed by atoms with Crippen molar-refractivity contribution < 1.29 is 29.0 Å². The van der Waals surface area contributed by atoms with E-state index < -0.39 is 11.7 Å². The number of nitrogens with one attached hydrogen (secondary N) is 1. The predicted molar refractivity (Wildman–Crippen MR) is 223 cm³/mol. The Morgan fingerprint density at radius 2 is 1.52 bits per heavy atom. The van der Waals surface area contributed by atoms with Gasteiger partial charge in [-0.15, -0.1) is 11.3 Å². The van der Waals surface area contributed by atoms with E-state index in [1.165, 1.54) is 16.2 Å². The molecule has 0 atom stereocenters. The molecule has 2 N–H and O–H groups in total. The van der Waals surface area contributed by atoms with E-state index >= 15 is 0 Å². The van der Waals surface area contributed by atoms with Gasteiger partial charge >= 0.3 is 12.2 Å². The molecule has 1 aliphatic heterocycles. The van der Waals surface area contributed by atoms with Crippen LogP contribution in [-0.2, 0) is 20.7 Å². The van der Waals surface area contributed by atoms with E-state index in [2.05, 4.69) is 15.2 Å². The number of amides is 4. The normalized spacial score (nSPS) is 13.5. The molecule has 1 aliphatic rings. The standard InChI is InChI=1S/C42H61N7O6S/c1-42(2,3)55-41(54)47(6)25-15-24-45(4)38(51)30-33-31-56-39(44-33)43-23-14-8-11-20-37(50)46(5)28-29-48-26-21-34(22-27-48)49(40(52)53)36-19-13-12-18-35(36)32-16-9-7-10-17-32/h7,9-10,12-13,16-19,31,34H,8,11,14-15,20-30H2,1-6H3,(H,43,44)(H,52,53). The molecule has 3 aromatic rings. The summed E-state index contributed by atoms with van der Waals surface area (Å²) in [5.41, 5.74) is 2.80. The third-order valence-corrected chi connectivity index (χ3v) is 10.7. The van der Waals surface area contributed by atoms with Gasteiger partial charge in [0.25, 0.3) is 0 Å². The van der Waals surface area contributed by atoms with Gasteiger partial charge in [-0.2, -0.15) is 0 Å². The van der Waals surface area contributed by atoms with E-state index in [9.17, 15) is 24.3 Å². The largest absolute Gasteiger partial charge is 0.465 e. The number of hydrogen-bond acceptors (Lipinski definition) is 9. The van der Waals surface area contributed by atoms with Crippen LogP contribution in [0.1, 0.15) is 71.4 Å². The third kappa shape index (κ3) is 14.1. The van der Waals surface area contributed by atoms with Crippen molar-refractivity contribution >= 4 is 46.2 Å². The molecule has 4 amide bonds. The molecule has 13 nitrogen and oxygen atoms in total. The minimum atomic E-state index is -0.936. The minimum absolute atomic E-state index is 0.0234. The van der Waals surface area contributed by atoms with Gasteiger partial charge in [0.1, 0.15) is 5.60 Å². The Hall–Kier alpha value is -4.69. The van der Waals surface area contributed by atoms with E-state index in [1.807, 2.05) is 92.7 Å². The number of carbonyl (C=O) groups is 4.